The molecule has 2 aromatic rings. The third kappa shape index (κ3) is 5.92. The van der Waals surface area contributed by atoms with Gasteiger partial charge in [0.15, 0.2) is 0 Å². The number of para-hydroxylation sites is 1. The molecule has 3 rings (SSSR count). The molecule has 0 aliphatic carbocycles. The molecular weight excluding hydrogens is 379 g/mol. The summed E-state index contributed by atoms with van der Waals surface area (Å²) in [6, 6.07) is 12.6. The Kier molecular flexibility index (Phi) is 7.68. The maximum Gasteiger partial charge on any atom is 0.129 e. The van der Waals surface area contributed by atoms with Crippen molar-refractivity contribution in [1.82, 2.24) is 9.80 Å². The Morgan fingerprint density at radius 2 is 1.82 bits per heavy atom. The maximum atomic E-state index is 14.0. The van der Waals surface area contributed by atoms with Crippen LogP contribution in [0.5, 0.6) is 5.75 Å². The summed E-state index contributed by atoms with van der Waals surface area (Å²) < 4.78 is 19.8. The van der Waals surface area contributed by atoms with Gasteiger partial charge in [0.1, 0.15) is 24.3 Å². The summed E-state index contributed by atoms with van der Waals surface area (Å²) in [4.78, 5) is 4.47. The maximum absolute atomic E-state index is 14.0. The molecule has 1 N–H and O–H groups in total. The molecule has 4 nitrogen and oxygen atoms in total. The number of rotatable bonds is 7. The average Bonchev–Trinajstić information content (AvgIpc) is 2.89. The van der Waals surface area contributed by atoms with E-state index in [1.807, 2.05) is 31.2 Å². The van der Waals surface area contributed by atoms with Crippen LogP contribution >= 0.6 is 11.6 Å². The molecule has 1 aliphatic rings. The van der Waals surface area contributed by atoms with Gasteiger partial charge < -0.3 is 9.84 Å². The topological polar surface area (TPSA) is 35.9 Å². The molecule has 2 aromatic carbocycles. The lowest BCUT2D eigenvalue weighted by atomic mass is 10.2. The number of nitrogens with zero attached hydrogens (tertiary/aromatic N) is 2. The molecule has 1 unspecified atom stereocenters. The number of benzene rings is 2. The SMILES string of the molecule is Cc1ccccc1OCC(O)CN1CCCN(Cc2c(F)cccc2Cl)CC1. The fourth-order valence-electron chi connectivity index (χ4n) is 3.53. The molecule has 28 heavy (non-hydrogen) atoms. The zero-order chi connectivity index (χ0) is 19.9. The number of aliphatic hydroxyl groups is 1. The predicted molar refractivity (Wildman–Crippen MR) is 110 cm³/mol. The van der Waals surface area contributed by atoms with Crippen LogP contribution in [0.3, 0.4) is 0 Å². The summed E-state index contributed by atoms with van der Waals surface area (Å²) >= 11 is 6.16. The van der Waals surface area contributed by atoms with Gasteiger partial charge in [-0.3, -0.25) is 9.80 Å². The minimum atomic E-state index is -0.549. The Morgan fingerprint density at radius 3 is 2.61 bits per heavy atom. The highest BCUT2D eigenvalue weighted by atomic mass is 35.5. The lowest BCUT2D eigenvalue weighted by Gasteiger charge is -2.24. The molecule has 0 saturated carbocycles. The van der Waals surface area contributed by atoms with Crippen LogP contribution in [0.1, 0.15) is 17.5 Å². The van der Waals surface area contributed by atoms with Gasteiger partial charge in [0.2, 0.25) is 0 Å². The molecule has 1 saturated heterocycles. The van der Waals surface area contributed by atoms with Crippen molar-refractivity contribution in [2.45, 2.75) is 26.0 Å². The normalized spacial score (nSPS) is 17.3. The second-order valence-electron chi connectivity index (χ2n) is 7.36. The van der Waals surface area contributed by atoms with Crippen molar-refractivity contribution < 1.29 is 14.2 Å². The van der Waals surface area contributed by atoms with Crippen molar-refractivity contribution in [2.24, 2.45) is 0 Å². The molecule has 1 aliphatic heterocycles. The fourth-order valence-corrected chi connectivity index (χ4v) is 3.75. The van der Waals surface area contributed by atoms with Crippen LogP contribution in [0.15, 0.2) is 42.5 Å². The Labute approximate surface area is 171 Å². The van der Waals surface area contributed by atoms with E-state index < -0.39 is 6.10 Å². The van der Waals surface area contributed by atoms with E-state index in [2.05, 4.69) is 9.80 Å². The van der Waals surface area contributed by atoms with Crippen molar-refractivity contribution in [3.63, 3.8) is 0 Å². The standard InChI is InChI=1S/C22H28ClFN2O2/c1-17-6-2-3-9-22(17)28-16-18(27)14-25-10-5-11-26(13-12-25)15-19-20(23)7-4-8-21(19)24/h2-4,6-9,18,27H,5,10-16H2,1H3. The van der Waals surface area contributed by atoms with Crippen LogP contribution in [0.4, 0.5) is 4.39 Å². The highest BCUT2D eigenvalue weighted by Crippen LogP contribution is 2.21. The molecule has 1 heterocycles. The van der Waals surface area contributed by atoms with E-state index in [1.165, 1.54) is 6.07 Å². The minimum Gasteiger partial charge on any atom is -0.491 e. The largest absolute Gasteiger partial charge is 0.491 e. The number of hydrogen-bond donors (Lipinski definition) is 1. The highest BCUT2D eigenvalue weighted by Gasteiger charge is 2.19. The summed E-state index contributed by atoms with van der Waals surface area (Å²) in [5, 5.41) is 10.8. The highest BCUT2D eigenvalue weighted by molar-refractivity contribution is 6.31. The van der Waals surface area contributed by atoms with Gasteiger partial charge in [0.05, 0.1) is 0 Å². The van der Waals surface area contributed by atoms with E-state index in [1.54, 1.807) is 12.1 Å². The van der Waals surface area contributed by atoms with E-state index in [0.29, 0.717) is 23.7 Å². The van der Waals surface area contributed by atoms with Gasteiger partial charge in [0, 0.05) is 36.8 Å². The van der Waals surface area contributed by atoms with Gasteiger partial charge in [-0.25, -0.2) is 4.39 Å². The predicted octanol–water partition coefficient (Wildman–Crippen LogP) is 3.74. The van der Waals surface area contributed by atoms with Crippen LogP contribution in [0, 0.1) is 12.7 Å². The van der Waals surface area contributed by atoms with Gasteiger partial charge in [0.25, 0.3) is 0 Å². The Bertz CT molecular complexity index is 754. The quantitative estimate of drug-likeness (QED) is 0.760. The Balaban J connectivity index is 1.46. The van der Waals surface area contributed by atoms with Crippen LogP contribution < -0.4 is 4.74 Å². The van der Waals surface area contributed by atoms with Crippen molar-refractivity contribution in [3.05, 3.63) is 64.4 Å². The summed E-state index contributed by atoms with van der Waals surface area (Å²) in [5.74, 6) is 0.558. The summed E-state index contributed by atoms with van der Waals surface area (Å²) in [7, 11) is 0. The Hall–Kier alpha value is -1.66. The zero-order valence-electron chi connectivity index (χ0n) is 16.3. The van der Waals surface area contributed by atoms with E-state index >= 15 is 0 Å². The third-order valence-electron chi connectivity index (χ3n) is 5.12. The van der Waals surface area contributed by atoms with Gasteiger partial charge in [-0.1, -0.05) is 35.9 Å². The van der Waals surface area contributed by atoms with Crippen molar-refractivity contribution >= 4 is 11.6 Å². The van der Waals surface area contributed by atoms with Crippen LogP contribution in [-0.4, -0.2) is 60.3 Å². The second-order valence-corrected chi connectivity index (χ2v) is 7.77. The zero-order valence-corrected chi connectivity index (χ0v) is 17.0. The lowest BCUT2D eigenvalue weighted by molar-refractivity contribution is 0.0690. The van der Waals surface area contributed by atoms with Crippen LogP contribution in [0.25, 0.3) is 0 Å². The number of β-amino-alcohol motifs (C(OH)–C–C–N with tert-alkyl or cyclic N) is 1. The van der Waals surface area contributed by atoms with Crippen molar-refractivity contribution in [2.75, 3.05) is 39.3 Å². The van der Waals surface area contributed by atoms with Gasteiger partial charge >= 0.3 is 0 Å². The molecule has 1 atom stereocenters. The summed E-state index contributed by atoms with van der Waals surface area (Å²) in [5.41, 5.74) is 1.62. The van der Waals surface area contributed by atoms with E-state index in [4.69, 9.17) is 16.3 Å². The van der Waals surface area contributed by atoms with E-state index in [0.717, 1.165) is 43.9 Å². The first kappa shape index (κ1) is 21.1. The molecule has 152 valence electrons. The second kappa shape index (κ2) is 10.2. The molecule has 0 radical (unpaired) electrons. The first-order valence-corrected chi connectivity index (χ1v) is 10.1. The fraction of sp³-hybridized carbons (Fsp3) is 0.455. The number of aryl methyl sites for hydroxylation is 1. The van der Waals surface area contributed by atoms with Gasteiger partial charge in [-0.15, -0.1) is 0 Å². The van der Waals surface area contributed by atoms with Crippen LogP contribution in [-0.2, 0) is 6.54 Å². The number of ether oxygens (including phenoxy) is 1. The molecule has 0 aromatic heterocycles. The summed E-state index contributed by atoms with van der Waals surface area (Å²) in [6.07, 6.45) is 0.421. The van der Waals surface area contributed by atoms with Gasteiger partial charge in [-0.2, -0.15) is 0 Å². The number of halogens is 2. The molecule has 0 amide bonds. The first-order valence-electron chi connectivity index (χ1n) is 9.77. The molecule has 6 heteroatoms. The smallest absolute Gasteiger partial charge is 0.129 e. The molecule has 1 fully saturated rings. The molecule has 0 spiro atoms. The van der Waals surface area contributed by atoms with Gasteiger partial charge in [-0.05, 0) is 50.2 Å². The Morgan fingerprint density at radius 1 is 1.07 bits per heavy atom. The average molecular weight is 407 g/mol. The third-order valence-corrected chi connectivity index (χ3v) is 5.47. The van der Waals surface area contributed by atoms with Crippen molar-refractivity contribution in [1.29, 1.82) is 0 Å². The summed E-state index contributed by atoms with van der Waals surface area (Å²) in [6.45, 7) is 6.78. The molecular formula is C22H28ClFN2O2. The number of hydrogen-bond acceptors (Lipinski definition) is 4. The first-order chi connectivity index (χ1) is 13.5. The van der Waals surface area contributed by atoms with Crippen LogP contribution in [0.2, 0.25) is 5.02 Å². The van der Waals surface area contributed by atoms with E-state index in [9.17, 15) is 9.50 Å². The number of aliphatic hydroxyl groups excluding tert-OH is 1. The van der Waals surface area contributed by atoms with E-state index in [-0.39, 0.29) is 12.4 Å². The monoisotopic (exact) mass is 406 g/mol. The molecule has 0 bridgehead atoms. The lowest BCUT2D eigenvalue weighted by Crippen LogP contribution is -2.38. The van der Waals surface area contributed by atoms with Crippen molar-refractivity contribution in [3.8, 4) is 5.75 Å². The minimum absolute atomic E-state index is 0.252.